The molecular weight excluding hydrogens is 751 g/mol. The maximum Gasteiger partial charge on any atom is 0.460 e. The maximum atomic E-state index is 14.8. The third-order valence-electron chi connectivity index (χ3n) is 8.98. The first-order valence-corrected chi connectivity index (χ1v) is 17.4. The van der Waals surface area contributed by atoms with Gasteiger partial charge in [-0.3, -0.25) is 0 Å². The van der Waals surface area contributed by atoms with Crippen molar-refractivity contribution in [2.75, 3.05) is 39.3 Å². The van der Waals surface area contributed by atoms with Crippen molar-refractivity contribution >= 4 is 10.0 Å². The third kappa shape index (κ3) is 8.56. The first kappa shape index (κ1) is 46.7. The molecule has 1 aliphatic heterocycles. The van der Waals surface area contributed by atoms with Gasteiger partial charge >= 0.3 is 47.0 Å². The lowest BCUT2D eigenvalue weighted by Crippen LogP contribution is -2.75. The second kappa shape index (κ2) is 16.4. The van der Waals surface area contributed by atoms with Crippen molar-refractivity contribution < 1.29 is 87.5 Å². The lowest BCUT2D eigenvalue weighted by molar-refractivity contribution is -0.931. The average molecular weight is 794 g/mol. The number of hydrogen-bond acceptors (Lipinski definition) is 2. The van der Waals surface area contributed by atoms with Crippen molar-refractivity contribution in [3.05, 3.63) is 0 Å². The number of rotatable bonds is 22. The molecule has 4 nitrogen and oxygen atoms in total. The van der Waals surface area contributed by atoms with Crippen LogP contribution >= 0.6 is 0 Å². The largest absolute Gasteiger partial charge is 0.460 e. The molecule has 1 rings (SSSR count). The van der Waals surface area contributed by atoms with E-state index in [2.05, 4.69) is 0 Å². The molecule has 0 unspecified atom stereocenters. The van der Waals surface area contributed by atoms with E-state index in [4.69, 9.17) is 0 Å². The van der Waals surface area contributed by atoms with Gasteiger partial charge in [0.2, 0.25) is 0 Å². The van der Waals surface area contributed by atoms with E-state index >= 15 is 0 Å². The maximum absolute atomic E-state index is 14.8. The zero-order valence-electron chi connectivity index (χ0n) is 27.3. The quantitative estimate of drug-likeness (QED) is 0.0622. The van der Waals surface area contributed by atoms with Crippen molar-refractivity contribution in [2.45, 2.75) is 138 Å². The predicted molar refractivity (Wildman–Crippen MR) is 148 cm³/mol. The Morgan fingerprint density at radius 1 is 0.460 bits per heavy atom. The highest BCUT2D eigenvalue weighted by molar-refractivity contribution is 7.90. The van der Waals surface area contributed by atoms with E-state index in [9.17, 15) is 83.1 Å². The van der Waals surface area contributed by atoms with Crippen LogP contribution in [0.25, 0.3) is 0 Å². The molecule has 1 fully saturated rings. The molecular formula is C28H42F17N2O2S+. The Hall–Kier alpha value is -1.32. The van der Waals surface area contributed by atoms with Gasteiger partial charge < -0.3 is 4.48 Å². The number of nitrogens with zero attached hydrogens (tertiary/aromatic N) is 2. The summed E-state index contributed by atoms with van der Waals surface area (Å²) < 4.78 is 258. The van der Waals surface area contributed by atoms with Gasteiger partial charge in [-0.15, -0.1) is 0 Å². The molecule has 22 heteroatoms. The van der Waals surface area contributed by atoms with Crippen molar-refractivity contribution in [1.29, 1.82) is 0 Å². The standard InChI is InChI=1S/C28H42F17N2O2S/c1-3-5-7-9-11-13-17-47(18-14-12-10-8-6-4-2)19-15-46(16-20-47)50(48,49)28(44,45)26(39,40)24(35,36)22(31,32)21(29,30)23(33,34)25(37,38)27(41,42)43/h3-20H2,1-2H3/q+1. The van der Waals surface area contributed by atoms with E-state index in [1.807, 2.05) is 13.8 Å². The number of hydrogen-bond donors (Lipinski definition) is 0. The van der Waals surface area contributed by atoms with Gasteiger partial charge in [-0.05, 0) is 25.7 Å². The summed E-state index contributed by atoms with van der Waals surface area (Å²) >= 11 is 0. The van der Waals surface area contributed by atoms with Gasteiger partial charge in [-0.25, -0.2) is 8.42 Å². The molecule has 0 spiro atoms. The minimum Gasteiger partial charge on any atom is -0.321 e. The molecule has 1 aliphatic rings. The topological polar surface area (TPSA) is 37.4 Å². The molecule has 0 aromatic heterocycles. The molecule has 0 N–H and O–H groups in total. The predicted octanol–water partition coefficient (Wildman–Crippen LogP) is 10.1. The van der Waals surface area contributed by atoms with Gasteiger partial charge in [0.1, 0.15) is 0 Å². The molecule has 0 atom stereocenters. The van der Waals surface area contributed by atoms with Gasteiger partial charge in [0, 0.05) is 0 Å². The highest BCUT2D eigenvalue weighted by Crippen LogP contribution is 2.64. The average Bonchev–Trinajstić information content (AvgIpc) is 2.99. The van der Waals surface area contributed by atoms with E-state index in [1.165, 1.54) is 0 Å². The normalized spacial score (nSPS) is 18.1. The second-order valence-electron chi connectivity index (χ2n) is 12.6. The monoisotopic (exact) mass is 793 g/mol. The summed E-state index contributed by atoms with van der Waals surface area (Å²) in [5.41, 5.74) is 0. The Morgan fingerprint density at radius 2 is 0.760 bits per heavy atom. The fraction of sp³-hybridized carbons (Fsp3) is 1.00. The molecule has 1 heterocycles. The SMILES string of the molecule is CCCCCCCC[N+]1(CCCCCCCC)CCN(S(=O)(=O)C(F)(F)C(F)(F)C(F)(F)C(F)(F)C(F)(F)C(F)(F)C(F)(F)C(F)(F)F)CC1. The number of sulfonamides is 1. The highest BCUT2D eigenvalue weighted by atomic mass is 32.2. The minimum atomic E-state index is -8.83. The zero-order chi connectivity index (χ0) is 39.3. The Bertz CT molecular complexity index is 1150. The van der Waals surface area contributed by atoms with Crippen LogP contribution in [0.5, 0.6) is 0 Å². The minimum absolute atomic E-state index is 0.0679. The van der Waals surface area contributed by atoms with E-state index in [1.54, 1.807) is 0 Å². The van der Waals surface area contributed by atoms with Crippen LogP contribution in [0.4, 0.5) is 74.6 Å². The van der Waals surface area contributed by atoms with E-state index in [0.29, 0.717) is 38.8 Å². The van der Waals surface area contributed by atoms with Gasteiger partial charge in [0.05, 0.1) is 39.3 Å². The first-order valence-electron chi connectivity index (χ1n) is 16.0. The Balaban J connectivity index is 3.37. The fourth-order valence-corrected chi connectivity index (χ4v) is 7.02. The Morgan fingerprint density at radius 3 is 1.10 bits per heavy atom. The van der Waals surface area contributed by atoms with Crippen LogP contribution in [0.2, 0.25) is 0 Å². The van der Waals surface area contributed by atoms with Crippen LogP contribution in [-0.4, -0.2) is 103 Å². The molecule has 1 saturated heterocycles. The number of unbranched alkanes of at least 4 members (excludes halogenated alkanes) is 10. The van der Waals surface area contributed by atoms with Crippen LogP contribution < -0.4 is 0 Å². The van der Waals surface area contributed by atoms with Gasteiger partial charge in [-0.2, -0.15) is 78.9 Å². The molecule has 50 heavy (non-hydrogen) atoms. The van der Waals surface area contributed by atoms with Crippen molar-refractivity contribution in [3.63, 3.8) is 0 Å². The van der Waals surface area contributed by atoms with Crippen LogP contribution in [0.3, 0.4) is 0 Å². The van der Waals surface area contributed by atoms with Crippen molar-refractivity contribution in [3.8, 4) is 0 Å². The molecule has 0 radical (unpaired) electrons. The zero-order valence-corrected chi connectivity index (χ0v) is 28.1. The smallest absolute Gasteiger partial charge is 0.321 e. The fourth-order valence-electron chi connectivity index (χ4n) is 5.60. The van der Waals surface area contributed by atoms with Gasteiger partial charge in [-0.1, -0.05) is 65.2 Å². The Labute approximate surface area is 279 Å². The first-order chi connectivity index (χ1) is 22.4. The van der Waals surface area contributed by atoms with E-state index in [-0.39, 0.29) is 17.6 Å². The Kier molecular flexibility index (Phi) is 15.3. The lowest BCUT2D eigenvalue weighted by Gasteiger charge is -2.46. The summed E-state index contributed by atoms with van der Waals surface area (Å²) in [5.74, 6) is -51.5. The van der Waals surface area contributed by atoms with Crippen LogP contribution in [0, 0.1) is 0 Å². The molecule has 300 valence electrons. The number of piperazine rings is 1. The number of halogens is 17. The summed E-state index contributed by atoms with van der Waals surface area (Å²) in [6.07, 6.45) is 1.93. The third-order valence-corrected chi connectivity index (χ3v) is 10.9. The number of alkyl halides is 17. The summed E-state index contributed by atoms with van der Waals surface area (Å²) in [6.45, 7) is 1.76. The van der Waals surface area contributed by atoms with E-state index < -0.39 is 74.4 Å². The summed E-state index contributed by atoms with van der Waals surface area (Å²) in [4.78, 5) is 0. The molecule has 0 aromatic rings. The summed E-state index contributed by atoms with van der Waals surface area (Å²) in [7, 11) is -7.25. The molecule has 0 saturated carbocycles. The molecule has 0 aromatic carbocycles. The van der Waals surface area contributed by atoms with Crippen LogP contribution in [0.15, 0.2) is 0 Å². The van der Waals surface area contributed by atoms with Crippen molar-refractivity contribution in [1.82, 2.24) is 4.31 Å². The second-order valence-corrected chi connectivity index (χ2v) is 14.6. The lowest BCUT2D eigenvalue weighted by atomic mass is 9.91. The molecule has 0 bridgehead atoms. The van der Waals surface area contributed by atoms with Crippen molar-refractivity contribution in [2.24, 2.45) is 0 Å². The van der Waals surface area contributed by atoms with E-state index in [0.717, 1.165) is 51.4 Å². The highest BCUT2D eigenvalue weighted by Gasteiger charge is 2.96. The van der Waals surface area contributed by atoms with Gasteiger partial charge in [0.15, 0.2) is 0 Å². The number of quaternary nitrogens is 1. The molecule has 0 amide bonds. The summed E-state index contributed by atoms with van der Waals surface area (Å²) in [6, 6.07) is 0. The van der Waals surface area contributed by atoms with Crippen LogP contribution in [0.1, 0.15) is 90.9 Å². The van der Waals surface area contributed by atoms with Gasteiger partial charge in [0.25, 0.3) is 10.0 Å². The van der Waals surface area contributed by atoms with Crippen LogP contribution in [-0.2, 0) is 10.0 Å². The summed E-state index contributed by atoms with van der Waals surface area (Å²) in [5, 5.41) is -7.50. The molecule has 0 aliphatic carbocycles.